The molecule has 1 saturated heterocycles. The molecule has 3 aromatic rings. The van der Waals surface area contributed by atoms with Crippen molar-refractivity contribution in [3.63, 3.8) is 0 Å². The van der Waals surface area contributed by atoms with Crippen LogP contribution in [0.3, 0.4) is 0 Å². The van der Waals surface area contributed by atoms with Gasteiger partial charge in [-0.15, -0.1) is 0 Å². The van der Waals surface area contributed by atoms with Crippen LogP contribution in [0.2, 0.25) is 0 Å². The second kappa shape index (κ2) is 9.37. The minimum absolute atomic E-state index is 0.00987. The van der Waals surface area contributed by atoms with Gasteiger partial charge in [-0.05, 0) is 42.5 Å². The van der Waals surface area contributed by atoms with Crippen molar-refractivity contribution in [3.8, 4) is 11.1 Å². The number of anilines is 1. The predicted octanol–water partition coefficient (Wildman–Crippen LogP) is 3.65. The standard InChI is InChI=1S/C22H25F2N7O/c1-14(2)19-17(15-3-8-25-9-4-15)13-26-22(28-19)30-10-5-16(6-11-30)27-20(32)18-7-12-31(29-18)21(23)24/h3-4,7-9,12-14,16,21H,5-6,10-11H2,1-2H3,(H,27,32). The van der Waals surface area contributed by atoms with Crippen molar-refractivity contribution in [2.75, 3.05) is 18.0 Å². The van der Waals surface area contributed by atoms with Gasteiger partial charge in [-0.2, -0.15) is 13.9 Å². The summed E-state index contributed by atoms with van der Waals surface area (Å²) in [5.74, 6) is 0.458. The summed E-state index contributed by atoms with van der Waals surface area (Å²) in [4.78, 5) is 27.9. The normalized spacial score (nSPS) is 14.9. The molecule has 1 N–H and O–H groups in total. The Bertz CT molecular complexity index is 1060. The number of rotatable bonds is 6. The number of carbonyl (C=O) groups excluding carboxylic acids is 1. The van der Waals surface area contributed by atoms with Crippen molar-refractivity contribution >= 4 is 11.9 Å². The summed E-state index contributed by atoms with van der Waals surface area (Å²) in [6.45, 7) is 2.81. The van der Waals surface area contributed by atoms with Crippen LogP contribution >= 0.6 is 0 Å². The fourth-order valence-corrected chi connectivity index (χ4v) is 3.78. The zero-order chi connectivity index (χ0) is 22.7. The molecular formula is C22H25F2N7O. The molecule has 8 nitrogen and oxygen atoms in total. The first-order chi connectivity index (χ1) is 15.4. The third-order valence-electron chi connectivity index (χ3n) is 5.50. The highest BCUT2D eigenvalue weighted by Gasteiger charge is 2.25. The lowest BCUT2D eigenvalue weighted by atomic mass is 10.00. The zero-order valence-corrected chi connectivity index (χ0v) is 17.9. The number of amides is 1. The van der Waals surface area contributed by atoms with Gasteiger partial charge in [0.15, 0.2) is 0 Å². The van der Waals surface area contributed by atoms with Gasteiger partial charge in [-0.1, -0.05) is 13.8 Å². The number of pyridine rings is 1. The second-order valence-corrected chi connectivity index (χ2v) is 8.05. The molecule has 0 bridgehead atoms. The minimum Gasteiger partial charge on any atom is -0.348 e. The number of aromatic nitrogens is 5. The summed E-state index contributed by atoms with van der Waals surface area (Å²) in [6, 6.07) is 5.13. The van der Waals surface area contributed by atoms with Gasteiger partial charge in [0.1, 0.15) is 5.69 Å². The smallest absolute Gasteiger partial charge is 0.333 e. The molecule has 0 aliphatic carbocycles. The maximum Gasteiger partial charge on any atom is 0.333 e. The molecule has 0 radical (unpaired) electrons. The van der Waals surface area contributed by atoms with Gasteiger partial charge in [-0.25, -0.2) is 14.6 Å². The molecule has 1 aliphatic heterocycles. The third-order valence-corrected chi connectivity index (χ3v) is 5.50. The van der Waals surface area contributed by atoms with E-state index in [0.717, 1.165) is 23.0 Å². The van der Waals surface area contributed by atoms with E-state index >= 15 is 0 Å². The monoisotopic (exact) mass is 441 g/mol. The zero-order valence-electron chi connectivity index (χ0n) is 17.9. The van der Waals surface area contributed by atoms with Crippen molar-refractivity contribution in [2.24, 2.45) is 0 Å². The molecule has 1 fully saturated rings. The third kappa shape index (κ3) is 4.74. The Kier molecular flexibility index (Phi) is 6.38. The van der Waals surface area contributed by atoms with Crippen molar-refractivity contribution < 1.29 is 13.6 Å². The van der Waals surface area contributed by atoms with Crippen molar-refractivity contribution in [3.05, 3.63) is 54.4 Å². The Balaban J connectivity index is 1.40. The van der Waals surface area contributed by atoms with Crippen LogP contribution in [0, 0.1) is 0 Å². The highest BCUT2D eigenvalue weighted by atomic mass is 19.3. The molecular weight excluding hydrogens is 416 g/mol. The van der Waals surface area contributed by atoms with Crippen LogP contribution in [0.25, 0.3) is 11.1 Å². The molecule has 0 unspecified atom stereocenters. The second-order valence-electron chi connectivity index (χ2n) is 8.05. The van der Waals surface area contributed by atoms with Gasteiger partial charge in [0.25, 0.3) is 5.91 Å². The van der Waals surface area contributed by atoms with Crippen LogP contribution in [0.5, 0.6) is 0 Å². The Hall–Kier alpha value is -3.43. The van der Waals surface area contributed by atoms with E-state index in [1.54, 1.807) is 12.4 Å². The minimum atomic E-state index is -2.76. The number of halogens is 2. The fourth-order valence-electron chi connectivity index (χ4n) is 3.78. The number of alkyl halides is 2. The SMILES string of the molecule is CC(C)c1nc(N2CCC(NC(=O)c3ccn(C(F)F)n3)CC2)ncc1-c1ccncc1. The van der Waals surface area contributed by atoms with Crippen LogP contribution in [0.1, 0.15) is 55.3 Å². The van der Waals surface area contributed by atoms with E-state index in [1.165, 1.54) is 6.07 Å². The van der Waals surface area contributed by atoms with E-state index in [4.69, 9.17) is 4.98 Å². The summed E-state index contributed by atoms with van der Waals surface area (Å²) >= 11 is 0. The van der Waals surface area contributed by atoms with Gasteiger partial charge in [-0.3, -0.25) is 9.78 Å². The number of carbonyl (C=O) groups is 1. The lowest BCUT2D eigenvalue weighted by Gasteiger charge is -2.32. The Labute approximate surface area is 184 Å². The van der Waals surface area contributed by atoms with Crippen LogP contribution in [-0.2, 0) is 0 Å². The molecule has 4 heterocycles. The van der Waals surface area contributed by atoms with Gasteiger partial charge in [0.05, 0.1) is 5.69 Å². The molecule has 1 aliphatic rings. The first kappa shape index (κ1) is 21.8. The average Bonchev–Trinajstić information content (AvgIpc) is 3.31. The topological polar surface area (TPSA) is 88.8 Å². The Morgan fingerprint density at radius 3 is 2.50 bits per heavy atom. The molecule has 168 valence electrons. The molecule has 0 atom stereocenters. The number of piperidine rings is 1. The summed E-state index contributed by atoms with van der Waals surface area (Å²) in [7, 11) is 0. The lowest BCUT2D eigenvalue weighted by molar-refractivity contribution is 0.0559. The summed E-state index contributed by atoms with van der Waals surface area (Å²) in [5.41, 5.74) is 3.00. The first-order valence-corrected chi connectivity index (χ1v) is 10.6. The highest BCUT2D eigenvalue weighted by molar-refractivity contribution is 5.92. The molecule has 32 heavy (non-hydrogen) atoms. The number of nitrogens with one attached hydrogen (secondary N) is 1. The largest absolute Gasteiger partial charge is 0.348 e. The predicted molar refractivity (Wildman–Crippen MR) is 116 cm³/mol. The average molecular weight is 441 g/mol. The molecule has 0 spiro atoms. The molecule has 10 heteroatoms. The van der Waals surface area contributed by atoms with Crippen LogP contribution in [0.4, 0.5) is 14.7 Å². The summed E-state index contributed by atoms with van der Waals surface area (Å²) in [5, 5.41) is 6.50. The van der Waals surface area contributed by atoms with Crippen molar-refractivity contribution in [2.45, 2.75) is 45.2 Å². The van der Waals surface area contributed by atoms with E-state index in [-0.39, 0.29) is 17.7 Å². The first-order valence-electron chi connectivity index (χ1n) is 10.6. The Morgan fingerprint density at radius 2 is 1.88 bits per heavy atom. The molecule has 4 rings (SSSR count). The highest BCUT2D eigenvalue weighted by Crippen LogP contribution is 2.29. The molecule has 0 saturated carbocycles. The van der Waals surface area contributed by atoms with Gasteiger partial charge in [0.2, 0.25) is 5.95 Å². The van der Waals surface area contributed by atoms with E-state index in [9.17, 15) is 13.6 Å². The van der Waals surface area contributed by atoms with Gasteiger partial charge < -0.3 is 10.2 Å². The van der Waals surface area contributed by atoms with E-state index in [1.807, 2.05) is 18.3 Å². The number of hydrogen-bond donors (Lipinski definition) is 1. The van der Waals surface area contributed by atoms with Gasteiger partial charge in [0, 0.05) is 49.5 Å². The Morgan fingerprint density at radius 1 is 1.16 bits per heavy atom. The van der Waals surface area contributed by atoms with E-state index in [0.29, 0.717) is 36.6 Å². The summed E-state index contributed by atoms with van der Waals surface area (Å²) in [6.07, 6.45) is 7.87. The lowest BCUT2D eigenvalue weighted by Crippen LogP contribution is -2.45. The van der Waals surface area contributed by atoms with Gasteiger partial charge >= 0.3 is 6.55 Å². The van der Waals surface area contributed by atoms with Crippen LogP contribution < -0.4 is 10.2 Å². The van der Waals surface area contributed by atoms with Crippen molar-refractivity contribution in [1.29, 1.82) is 0 Å². The molecule has 1 amide bonds. The maximum absolute atomic E-state index is 12.7. The fraction of sp³-hybridized carbons (Fsp3) is 0.409. The van der Waals surface area contributed by atoms with Crippen LogP contribution in [0.15, 0.2) is 43.0 Å². The summed E-state index contributed by atoms with van der Waals surface area (Å²) < 4.78 is 25.8. The van der Waals surface area contributed by atoms with Crippen molar-refractivity contribution in [1.82, 2.24) is 30.0 Å². The molecule has 3 aromatic heterocycles. The van der Waals surface area contributed by atoms with E-state index in [2.05, 4.69) is 39.1 Å². The maximum atomic E-state index is 12.7. The quantitative estimate of drug-likeness (QED) is 0.628. The number of hydrogen-bond acceptors (Lipinski definition) is 6. The molecule has 0 aromatic carbocycles. The van der Waals surface area contributed by atoms with E-state index < -0.39 is 12.5 Å². The number of nitrogens with zero attached hydrogens (tertiary/aromatic N) is 6. The van der Waals surface area contributed by atoms with Crippen LogP contribution in [-0.4, -0.2) is 49.8 Å².